The van der Waals surface area contributed by atoms with Crippen molar-refractivity contribution in [1.29, 1.82) is 0 Å². The Bertz CT molecular complexity index is 630. The first-order chi connectivity index (χ1) is 10.2. The molecular formula is C14H18ClN5O. The third-order valence-corrected chi connectivity index (χ3v) is 4.02. The van der Waals surface area contributed by atoms with E-state index in [1.54, 1.807) is 13.3 Å². The van der Waals surface area contributed by atoms with Crippen molar-refractivity contribution in [3.05, 3.63) is 29.2 Å². The maximum Gasteiger partial charge on any atom is 0.318 e. The highest BCUT2D eigenvalue weighted by atomic mass is 35.5. The van der Waals surface area contributed by atoms with Crippen LogP contribution in [-0.4, -0.2) is 39.9 Å². The van der Waals surface area contributed by atoms with Crippen molar-refractivity contribution in [2.24, 2.45) is 13.0 Å². The Hall–Kier alpha value is -1.82. The van der Waals surface area contributed by atoms with Crippen LogP contribution < -0.4 is 9.64 Å². The van der Waals surface area contributed by atoms with Gasteiger partial charge >= 0.3 is 6.01 Å². The number of nitrogens with zero attached hydrogens (tertiary/aromatic N) is 5. The molecule has 0 spiro atoms. The van der Waals surface area contributed by atoms with Crippen LogP contribution in [0.5, 0.6) is 6.01 Å². The first kappa shape index (κ1) is 14.1. The highest BCUT2D eigenvalue weighted by Gasteiger charge is 2.26. The second-order valence-corrected chi connectivity index (χ2v) is 5.76. The number of aromatic nitrogens is 4. The highest BCUT2D eigenvalue weighted by Crippen LogP contribution is 2.30. The molecule has 112 valence electrons. The van der Waals surface area contributed by atoms with Gasteiger partial charge in [0.2, 0.25) is 0 Å². The summed E-state index contributed by atoms with van der Waals surface area (Å²) in [6.45, 7) is 1.89. The van der Waals surface area contributed by atoms with Crippen molar-refractivity contribution in [2.45, 2.75) is 12.8 Å². The van der Waals surface area contributed by atoms with Gasteiger partial charge in [0.1, 0.15) is 5.02 Å². The van der Waals surface area contributed by atoms with E-state index in [0.29, 0.717) is 17.0 Å². The lowest BCUT2D eigenvalue weighted by Gasteiger charge is -2.18. The zero-order valence-electron chi connectivity index (χ0n) is 12.2. The van der Waals surface area contributed by atoms with Crippen molar-refractivity contribution in [2.75, 3.05) is 25.1 Å². The summed E-state index contributed by atoms with van der Waals surface area (Å²) in [7, 11) is 3.50. The Morgan fingerprint density at radius 1 is 1.43 bits per heavy atom. The third kappa shape index (κ3) is 3.10. The van der Waals surface area contributed by atoms with Gasteiger partial charge in [-0.1, -0.05) is 11.6 Å². The Morgan fingerprint density at radius 3 is 3.00 bits per heavy atom. The average molecular weight is 308 g/mol. The van der Waals surface area contributed by atoms with Crippen molar-refractivity contribution in [3.63, 3.8) is 0 Å². The van der Waals surface area contributed by atoms with Crippen LogP contribution in [0, 0.1) is 5.92 Å². The van der Waals surface area contributed by atoms with Gasteiger partial charge in [0.05, 0.1) is 19.5 Å². The molecule has 0 bridgehead atoms. The minimum atomic E-state index is 0.352. The monoisotopic (exact) mass is 307 g/mol. The molecule has 0 N–H and O–H groups in total. The molecule has 6 nitrogen and oxygen atoms in total. The second-order valence-electron chi connectivity index (χ2n) is 5.36. The fourth-order valence-corrected chi connectivity index (χ4v) is 2.98. The molecule has 2 aromatic heterocycles. The van der Waals surface area contributed by atoms with Gasteiger partial charge in [-0.15, -0.1) is 0 Å². The van der Waals surface area contributed by atoms with Crippen LogP contribution in [0.3, 0.4) is 0 Å². The van der Waals surface area contributed by atoms with Crippen molar-refractivity contribution in [1.82, 2.24) is 19.7 Å². The van der Waals surface area contributed by atoms with Gasteiger partial charge in [-0.05, 0) is 24.3 Å². The van der Waals surface area contributed by atoms with E-state index >= 15 is 0 Å². The van der Waals surface area contributed by atoms with Crippen molar-refractivity contribution in [3.8, 4) is 6.01 Å². The maximum atomic E-state index is 6.21. The summed E-state index contributed by atoms with van der Waals surface area (Å²) in [6.07, 6.45) is 7.76. The average Bonchev–Trinajstić information content (AvgIpc) is 3.09. The molecule has 3 heterocycles. The summed E-state index contributed by atoms with van der Waals surface area (Å²) in [6, 6.07) is 0.352. The first-order valence-corrected chi connectivity index (χ1v) is 7.32. The van der Waals surface area contributed by atoms with Crippen LogP contribution in [-0.2, 0) is 13.5 Å². The summed E-state index contributed by atoms with van der Waals surface area (Å²) in [5, 5.41) is 4.78. The molecule has 1 fully saturated rings. The topological polar surface area (TPSA) is 56.1 Å². The minimum absolute atomic E-state index is 0.352. The molecule has 1 unspecified atom stereocenters. The van der Waals surface area contributed by atoms with Gasteiger partial charge in [0.15, 0.2) is 5.82 Å². The van der Waals surface area contributed by atoms with Gasteiger partial charge in [0, 0.05) is 26.3 Å². The molecule has 0 amide bonds. The predicted molar refractivity (Wildman–Crippen MR) is 80.8 cm³/mol. The van der Waals surface area contributed by atoms with Gasteiger partial charge < -0.3 is 9.64 Å². The molecular weight excluding hydrogens is 290 g/mol. The lowest BCUT2D eigenvalue weighted by atomic mass is 10.0. The number of rotatable bonds is 4. The molecule has 0 aromatic carbocycles. The summed E-state index contributed by atoms with van der Waals surface area (Å²) >= 11 is 6.21. The highest BCUT2D eigenvalue weighted by molar-refractivity contribution is 6.32. The van der Waals surface area contributed by atoms with Gasteiger partial charge in [0.25, 0.3) is 0 Å². The van der Waals surface area contributed by atoms with E-state index in [0.717, 1.165) is 31.7 Å². The van der Waals surface area contributed by atoms with Crippen LogP contribution in [0.2, 0.25) is 5.02 Å². The lowest BCUT2D eigenvalue weighted by Crippen LogP contribution is -2.22. The normalized spacial score (nSPS) is 18.2. The molecule has 0 radical (unpaired) electrons. The molecule has 2 aromatic rings. The largest absolute Gasteiger partial charge is 0.467 e. The van der Waals surface area contributed by atoms with Crippen LogP contribution in [0.25, 0.3) is 0 Å². The van der Waals surface area contributed by atoms with Crippen molar-refractivity contribution >= 4 is 17.4 Å². The SMILES string of the molecule is COc1ncc(Cl)c(N2CCC(Cc3cnn(C)c3)C2)n1. The van der Waals surface area contributed by atoms with Crippen LogP contribution >= 0.6 is 11.6 Å². The molecule has 1 aliphatic heterocycles. The van der Waals surface area contributed by atoms with Gasteiger partial charge in [-0.3, -0.25) is 4.68 Å². The molecule has 1 atom stereocenters. The number of hydrogen-bond acceptors (Lipinski definition) is 5. The second kappa shape index (κ2) is 5.89. The third-order valence-electron chi connectivity index (χ3n) is 3.75. The molecule has 1 saturated heterocycles. The van der Waals surface area contributed by atoms with E-state index in [-0.39, 0.29) is 0 Å². The summed E-state index contributed by atoms with van der Waals surface area (Å²) in [5.74, 6) is 1.35. The van der Waals surface area contributed by atoms with Gasteiger partial charge in [-0.2, -0.15) is 10.1 Å². The first-order valence-electron chi connectivity index (χ1n) is 6.94. The summed E-state index contributed by atoms with van der Waals surface area (Å²) < 4.78 is 6.92. The number of hydrogen-bond donors (Lipinski definition) is 0. The molecule has 21 heavy (non-hydrogen) atoms. The summed E-state index contributed by atoms with van der Waals surface area (Å²) in [4.78, 5) is 10.6. The Labute approximate surface area is 128 Å². The molecule has 0 aliphatic carbocycles. The fourth-order valence-electron chi connectivity index (χ4n) is 2.76. The van der Waals surface area contributed by atoms with Crippen LogP contribution in [0.15, 0.2) is 18.6 Å². The van der Waals surface area contributed by atoms with E-state index in [9.17, 15) is 0 Å². The zero-order chi connectivity index (χ0) is 14.8. The van der Waals surface area contributed by atoms with Gasteiger partial charge in [-0.25, -0.2) is 4.98 Å². The lowest BCUT2D eigenvalue weighted by molar-refractivity contribution is 0.380. The predicted octanol–water partition coefficient (Wildman–Crippen LogP) is 1.94. The number of aryl methyl sites for hydroxylation is 1. The Balaban J connectivity index is 1.69. The van der Waals surface area contributed by atoms with Crippen molar-refractivity contribution < 1.29 is 4.74 Å². The Morgan fingerprint density at radius 2 is 2.29 bits per heavy atom. The molecule has 7 heteroatoms. The van der Waals surface area contributed by atoms with Crippen LogP contribution in [0.1, 0.15) is 12.0 Å². The van der Waals surface area contributed by atoms with E-state index in [4.69, 9.17) is 16.3 Å². The van der Waals surface area contributed by atoms with E-state index in [1.807, 2.05) is 17.9 Å². The molecule has 1 aliphatic rings. The van der Waals surface area contributed by atoms with E-state index in [2.05, 4.69) is 26.2 Å². The smallest absolute Gasteiger partial charge is 0.318 e. The quantitative estimate of drug-likeness (QED) is 0.864. The minimum Gasteiger partial charge on any atom is -0.467 e. The van der Waals surface area contributed by atoms with E-state index in [1.165, 1.54) is 5.56 Å². The number of halogens is 1. The Kier molecular flexibility index (Phi) is 3.96. The molecule has 0 saturated carbocycles. The standard InChI is InChI=1S/C14H18ClN5O/c1-19-8-11(6-17-19)5-10-3-4-20(9-10)13-12(15)7-16-14(18-13)21-2/h6-8,10H,3-5,9H2,1-2H3. The number of ether oxygens (including phenoxy) is 1. The zero-order valence-corrected chi connectivity index (χ0v) is 12.9. The number of methoxy groups -OCH3 is 1. The molecule has 3 rings (SSSR count). The van der Waals surface area contributed by atoms with Crippen LogP contribution in [0.4, 0.5) is 5.82 Å². The summed E-state index contributed by atoms with van der Waals surface area (Å²) in [5.41, 5.74) is 1.27. The van der Waals surface area contributed by atoms with E-state index < -0.39 is 0 Å². The maximum absolute atomic E-state index is 6.21. The fraction of sp³-hybridized carbons (Fsp3) is 0.500. The number of anilines is 1.